The summed E-state index contributed by atoms with van der Waals surface area (Å²) in [6.07, 6.45) is 0. The molecule has 0 fully saturated rings. The van der Waals surface area contributed by atoms with Crippen LogP contribution < -0.4 is 4.90 Å². The predicted molar refractivity (Wildman–Crippen MR) is 249 cm³/mol. The van der Waals surface area contributed by atoms with E-state index in [0.717, 1.165) is 11.4 Å². The van der Waals surface area contributed by atoms with Gasteiger partial charge in [-0.15, -0.1) is 11.3 Å². The van der Waals surface area contributed by atoms with Gasteiger partial charge in [-0.1, -0.05) is 164 Å². The van der Waals surface area contributed by atoms with Crippen LogP contribution in [0.4, 0.5) is 17.1 Å². The Bertz CT molecular complexity index is 3330. The van der Waals surface area contributed by atoms with Gasteiger partial charge < -0.3 is 4.90 Å². The van der Waals surface area contributed by atoms with E-state index in [1.165, 1.54) is 97.1 Å². The fourth-order valence-electron chi connectivity index (χ4n) is 10.1. The number of fused-ring (bicyclic) bond motifs is 12. The molecule has 0 N–H and O–H groups in total. The molecule has 58 heavy (non-hydrogen) atoms. The zero-order valence-electron chi connectivity index (χ0n) is 32.0. The zero-order chi connectivity index (χ0) is 38.4. The van der Waals surface area contributed by atoms with Gasteiger partial charge in [0.2, 0.25) is 0 Å². The van der Waals surface area contributed by atoms with Gasteiger partial charge in [0.15, 0.2) is 0 Å². The second-order valence-corrected chi connectivity index (χ2v) is 16.8. The highest BCUT2D eigenvalue weighted by atomic mass is 32.1. The number of rotatable bonds is 5. The number of nitrogens with zero attached hydrogens (tertiary/aromatic N) is 1. The van der Waals surface area contributed by atoms with Crippen molar-refractivity contribution in [1.82, 2.24) is 0 Å². The molecule has 0 atom stereocenters. The number of hydrogen-bond donors (Lipinski definition) is 0. The summed E-state index contributed by atoms with van der Waals surface area (Å²) in [5.41, 5.74) is 12.0. The van der Waals surface area contributed by atoms with E-state index in [2.05, 4.69) is 218 Å². The molecule has 0 spiro atoms. The third kappa shape index (κ3) is 4.76. The predicted octanol–water partition coefficient (Wildman–Crippen LogP) is 16.0. The summed E-state index contributed by atoms with van der Waals surface area (Å²) < 4.78 is 2.61. The Kier molecular flexibility index (Phi) is 7.30. The van der Waals surface area contributed by atoms with Crippen molar-refractivity contribution in [3.8, 4) is 22.3 Å². The molecular formula is C56H37NS. The monoisotopic (exact) mass is 755 g/mol. The molecule has 0 unspecified atom stereocenters. The van der Waals surface area contributed by atoms with Crippen molar-refractivity contribution in [3.05, 3.63) is 223 Å². The summed E-state index contributed by atoms with van der Waals surface area (Å²) >= 11 is 1.89. The fourth-order valence-corrected chi connectivity index (χ4v) is 11.2. The van der Waals surface area contributed by atoms with Crippen LogP contribution in [0.1, 0.15) is 23.6 Å². The van der Waals surface area contributed by atoms with Crippen LogP contribution in [0.3, 0.4) is 0 Å². The van der Waals surface area contributed by atoms with E-state index in [1.54, 1.807) is 0 Å². The van der Waals surface area contributed by atoms with Crippen LogP contribution in [0, 0.1) is 0 Å². The summed E-state index contributed by atoms with van der Waals surface area (Å²) in [6.45, 7) is 2.47. The maximum Gasteiger partial charge on any atom is 0.0513 e. The molecule has 272 valence electrons. The van der Waals surface area contributed by atoms with Crippen molar-refractivity contribution >= 4 is 80.9 Å². The Morgan fingerprint density at radius 1 is 0.379 bits per heavy atom. The largest absolute Gasteiger partial charge is 0.310 e. The third-order valence-electron chi connectivity index (χ3n) is 12.7. The van der Waals surface area contributed by atoms with Gasteiger partial charge in [0.1, 0.15) is 0 Å². The van der Waals surface area contributed by atoms with Crippen LogP contribution in [0.15, 0.2) is 206 Å². The van der Waals surface area contributed by atoms with Gasteiger partial charge in [0, 0.05) is 42.5 Å². The molecule has 0 bridgehead atoms. The van der Waals surface area contributed by atoms with Crippen molar-refractivity contribution in [2.24, 2.45) is 0 Å². The first-order valence-corrected chi connectivity index (χ1v) is 20.9. The summed E-state index contributed by atoms with van der Waals surface area (Å²) in [7, 11) is 0. The van der Waals surface area contributed by atoms with Crippen molar-refractivity contribution in [2.75, 3.05) is 4.90 Å². The van der Waals surface area contributed by atoms with Crippen LogP contribution in [0.5, 0.6) is 0 Å². The van der Waals surface area contributed by atoms with Gasteiger partial charge in [-0.25, -0.2) is 0 Å². The quantitative estimate of drug-likeness (QED) is 0.158. The summed E-state index contributed by atoms with van der Waals surface area (Å²) in [5, 5.41) is 10.3. The van der Waals surface area contributed by atoms with E-state index in [4.69, 9.17) is 0 Å². The average molecular weight is 756 g/mol. The number of anilines is 3. The van der Waals surface area contributed by atoms with E-state index in [1.807, 2.05) is 11.3 Å². The molecule has 0 amide bonds. The van der Waals surface area contributed by atoms with Gasteiger partial charge >= 0.3 is 0 Å². The summed E-state index contributed by atoms with van der Waals surface area (Å²) in [6, 6.07) is 76.6. The Labute approximate surface area is 341 Å². The van der Waals surface area contributed by atoms with Gasteiger partial charge in [-0.2, -0.15) is 0 Å². The molecule has 1 heterocycles. The minimum atomic E-state index is -0.451. The van der Waals surface area contributed by atoms with Crippen molar-refractivity contribution in [3.63, 3.8) is 0 Å². The van der Waals surface area contributed by atoms with Crippen LogP contribution in [0.25, 0.3) is 74.7 Å². The van der Waals surface area contributed by atoms with Crippen molar-refractivity contribution in [2.45, 2.75) is 12.3 Å². The highest BCUT2D eigenvalue weighted by Gasteiger charge is 2.44. The molecule has 12 rings (SSSR count). The molecule has 11 aromatic rings. The number of benzene rings is 10. The molecule has 0 saturated heterocycles. The highest BCUT2D eigenvalue weighted by Crippen LogP contribution is 2.58. The van der Waals surface area contributed by atoms with Crippen LogP contribution in [-0.2, 0) is 5.41 Å². The lowest BCUT2D eigenvalue weighted by atomic mass is 9.71. The maximum atomic E-state index is 2.54. The smallest absolute Gasteiger partial charge is 0.0513 e. The maximum absolute atomic E-state index is 2.54. The number of hydrogen-bond acceptors (Lipinski definition) is 2. The molecule has 1 nitrogen and oxygen atoms in total. The van der Waals surface area contributed by atoms with Crippen LogP contribution in [0.2, 0.25) is 0 Å². The summed E-state index contributed by atoms with van der Waals surface area (Å²) in [5.74, 6) is 0. The van der Waals surface area contributed by atoms with E-state index in [9.17, 15) is 0 Å². The van der Waals surface area contributed by atoms with E-state index < -0.39 is 5.41 Å². The molecule has 2 heteroatoms. The first kappa shape index (κ1) is 33.2. The lowest BCUT2D eigenvalue weighted by molar-refractivity contribution is 0.721. The van der Waals surface area contributed by atoms with Gasteiger partial charge in [0.25, 0.3) is 0 Å². The lowest BCUT2D eigenvalue weighted by Crippen LogP contribution is -2.26. The molecule has 10 aromatic carbocycles. The normalized spacial score (nSPS) is 13.1. The van der Waals surface area contributed by atoms with Gasteiger partial charge in [-0.3, -0.25) is 0 Å². The Morgan fingerprint density at radius 3 is 1.53 bits per heavy atom. The molecule has 1 aliphatic carbocycles. The third-order valence-corrected chi connectivity index (χ3v) is 13.8. The molecule has 0 saturated carbocycles. The minimum Gasteiger partial charge on any atom is -0.310 e. The minimum absolute atomic E-state index is 0.451. The van der Waals surface area contributed by atoms with Crippen LogP contribution >= 0.6 is 11.3 Å². The topological polar surface area (TPSA) is 3.24 Å². The lowest BCUT2D eigenvalue weighted by Gasteiger charge is -2.36. The second-order valence-electron chi connectivity index (χ2n) is 15.7. The molecular weight excluding hydrogens is 719 g/mol. The average Bonchev–Trinajstić information content (AvgIpc) is 3.80. The zero-order valence-corrected chi connectivity index (χ0v) is 32.8. The molecule has 0 radical (unpaired) electrons. The summed E-state index contributed by atoms with van der Waals surface area (Å²) in [4.78, 5) is 2.54. The molecule has 1 aliphatic rings. The van der Waals surface area contributed by atoms with Crippen LogP contribution in [-0.4, -0.2) is 0 Å². The Morgan fingerprint density at radius 2 is 0.879 bits per heavy atom. The van der Waals surface area contributed by atoms with Crippen molar-refractivity contribution < 1.29 is 0 Å². The fraction of sp³-hybridized carbons (Fsp3) is 0.0357. The van der Waals surface area contributed by atoms with E-state index >= 15 is 0 Å². The van der Waals surface area contributed by atoms with Gasteiger partial charge in [-0.05, 0) is 115 Å². The first-order chi connectivity index (χ1) is 28.7. The SMILES string of the molecule is CC1(c2c(N(c3ccc(-c4ccccc4)cc3)c3ccc4c5ccccc5c5ccccc5c4c3)ccc3sc4ccccc4c23)c2ccccc2-c2ccccc21. The van der Waals surface area contributed by atoms with Crippen molar-refractivity contribution in [1.29, 1.82) is 0 Å². The second kappa shape index (κ2) is 12.8. The molecule has 0 aliphatic heterocycles. The Balaban J connectivity index is 1.21. The van der Waals surface area contributed by atoms with E-state index in [-0.39, 0.29) is 0 Å². The first-order valence-electron chi connectivity index (χ1n) is 20.1. The Hall–Kier alpha value is -7.00. The number of thiophene rings is 1. The standard InChI is InChI=1S/C56H37NS/c1-56(49-24-12-9-21-45(49)46-22-10-13-25-50(46)56)55-51(33-34-53-54(55)47-23-11-14-26-52(47)58-53)57(38-29-27-37(28-30-38)36-15-3-2-4-16-36)39-31-32-44-42-19-6-5-17-40(42)41-18-7-8-20-43(41)48(44)35-39/h2-35H,1H3. The van der Waals surface area contributed by atoms with E-state index in [0.29, 0.717) is 0 Å². The van der Waals surface area contributed by atoms with Gasteiger partial charge in [0.05, 0.1) is 5.69 Å². The molecule has 1 aromatic heterocycles. The highest BCUT2D eigenvalue weighted by molar-refractivity contribution is 7.25.